The summed E-state index contributed by atoms with van der Waals surface area (Å²) in [7, 11) is 0. The van der Waals surface area contributed by atoms with Crippen molar-refractivity contribution >= 4 is 11.8 Å². The Morgan fingerprint density at radius 3 is 2.62 bits per heavy atom. The zero-order valence-corrected chi connectivity index (χ0v) is 12.4. The Morgan fingerprint density at radius 2 is 1.95 bits per heavy atom. The fourth-order valence-electron chi connectivity index (χ4n) is 2.10. The molecule has 0 unspecified atom stereocenters. The molecule has 1 aromatic rings. The highest BCUT2D eigenvalue weighted by Crippen LogP contribution is 2.32. The van der Waals surface area contributed by atoms with Crippen LogP contribution in [0, 0.1) is 5.92 Å². The highest BCUT2D eigenvalue weighted by molar-refractivity contribution is 5.87. The average molecular weight is 292 g/mol. The number of benzene rings is 1. The molecule has 0 radical (unpaired) electrons. The second-order valence-electron chi connectivity index (χ2n) is 5.33. The number of fused-ring (bicyclic) bond motifs is 1. The number of amides is 2. The zero-order chi connectivity index (χ0) is 15.4. The van der Waals surface area contributed by atoms with E-state index in [9.17, 15) is 9.59 Å². The van der Waals surface area contributed by atoms with Crippen LogP contribution in [-0.4, -0.2) is 24.6 Å². The third-order valence-electron chi connectivity index (χ3n) is 3.21. The van der Waals surface area contributed by atoms with Gasteiger partial charge in [0.15, 0.2) is 11.5 Å². The van der Waals surface area contributed by atoms with Gasteiger partial charge in [0.2, 0.25) is 18.6 Å². The Hall–Kier alpha value is -2.24. The van der Waals surface area contributed by atoms with Gasteiger partial charge in [0, 0.05) is 13.5 Å². The number of rotatable bonds is 5. The topological polar surface area (TPSA) is 76.7 Å². The molecule has 2 rings (SSSR count). The molecule has 6 nitrogen and oxygen atoms in total. The Labute approximate surface area is 123 Å². The van der Waals surface area contributed by atoms with E-state index in [1.54, 1.807) is 0 Å². The van der Waals surface area contributed by atoms with Crippen LogP contribution in [0.5, 0.6) is 11.5 Å². The molecule has 1 aliphatic rings. The number of hydrogen-bond acceptors (Lipinski definition) is 4. The summed E-state index contributed by atoms with van der Waals surface area (Å²) in [4.78, 5) is 23.3. The first kappa shape index (κ1) is 15.2. The van der Waals surface area contributed by atoms with E-state index in [2.05, 4.69) is 10.6 Å². The van der Waals surface area contributed by atoms with Crippen molar-refractivity contribution in [2.75, 3.05) is 6.79 Å². The van der Waals surface area contributed by atoms with Crippen molar-refractivity contribution in [2.24, 2.45) is 5.92 Å². The Bertz CT molecular complexity index is 542. The molecular formula is C15H20N2O4. The molecule has 1 aliphatic heterocycles. The second kappa shape index (κ2) is 6.47. The Balaban J connectivity index is 1.95. The van der Waals surface area contributed by atoms with E-state index >= 15 is 0 Å². The summed E-state index contributed by atoms with van der Waals surface area (Å²) in [5.41, 5.74) is 0.915. The van der Waals surface area contributed by atoms with E-state index in [-0.39, 0.29) is 24.5 Å². The van der Waals surface area contributed by atoms with Crippen LogP contribution in [0.15, 0.2) is 18.2 Å². The van der Waals surface area contributed by atoms with E-state index in [4.69, 9.17) is 9.47 Å². The van der Waals surface area contributed by atoms with Gasteiger partial charge in [0.25, 0.3) is 0 Å². The van der Waals surface area contributed by atoms with Gasteiger partial charge >= 0.3 is 0 Å². The maximum absolute atomic E-state index is 12.1. The van der Waals surface area contributed by atoms with Crippen LogP contribution >= 0.6 is 0 Å². The summed E-state index contributed by atoms with van der Waals surface area (Å²) in [6.45, 7) is 5.78. The van der Waals surface area contributed by atoms with Crippen molar-refractivity contribution in [3.63, 3.8) is 0 Å². The van der Waals surface area contributed by atoms with Gasteiger partial charge in [-0.05, 0) is 23.6 Å². The number of hydrogen-bond donors (Lipinski definition) is 2. The Morgan fingerprint density at radius 1 is 1.24 bits per heavy atom. The van der Waals surface area contributed by atoms with Gasteiger partial charge in [-0.1, -0.05) is 19.9 Å². The normalized spacial score (nSPS) is 13.9. The minimum atomic E-state index is -0.531. The third-order valence-corrected chi connectivity index (χ3v) is 3.21. The maximum Gasteiger partial charge on any atom is 0.243 e. The molecule has 0 saturated heterocycles. The molecule has 0 saturated carbocycles. The first-order chi connectivity index (χ1) is 9.97. The Kier molecular flexibility index (Phi) is 4.67. The lowest BCUT2D eigenvalue weighted by Crippen LogP contribution is -2.48. The molecule has 0 aliphatic carbocycles. The fourth-order valence-corrected chi connectivity index (χ4v) is 2.10. The van der Waals surface area contributed by atoms with Gasteiger partial charge in [-0.15, -0.1) is 0 Å². The summed E-state index contributed by atoms with van der Waals surface area (Å²) >= 11 is 0. The van der Waals surface area contributed by atoms with Crippen molar-refractivity contribution in [3.8, 4) is 11.5 Å². The molecule has 2 N–H and O–H groups in total. The third kappa shape index (κ3) is 3.87. The molecule has 1 heterocycles. The van der Waals surface area contributed by atoms with Crippen LogP contribution in [0.4, 0.5) is 0 Å². The maximum atomic E-state index is 12.1. The van der Waals surface area contributed by atoms with Gasteiger partial charge < -0.3 is 20.1 Å². The first-order valence-electron chi connectivity index (χ1n) is 6.90. The first-order valence-corrected chi connectivity index (χ1v) is 6.90. The number of ether oxygens (including phenoxy) is 2. The fraction of sp³-hybridized carbons (Fsp3) is 0.467. The van der Waals surface area contributed by atoms with Crippen molar-refractivity contribution in [1.29, 1.82) is 0 Å². The van der Waals surface area contributed by atoms with Gasteiger partial charge in [-0.3, -0.25) is 9.59 Å². The molecule has 0 spiro atoms. The standard InChI is InChI=1S/C15H20N2O4/c1-9(2)14(17-10(3)18)15(19)16-7-11-4-5-12-13(6-11)21-8-20-12/h4-6,9,14H,7-8H2,1-3H3,(H,16,19)(H,17,18)/t14-/m0/s1. The van der Waals surface area contributed by atoms with Crippen LogP contribution in [0.25, 0.3) is 0 Å². The van der Waals surface area contributed by atoms with Crippen molar-refractivity contribution in [2.45, 2.75) is 33.4 Å². The van der Waals surface area contributed by atoms with E-state index in [0.29, 0.717) is 18.0 Å². The quantitative estimate of drug-likeness (QED) is 0.854. The monoisotopic (exact) mass is 292 g/mol. The van der Waals surface area contributed by atoms with E-state index in [1.807, 2.05) is 32.0 Å². The number of nitrogens with one attached hydrogen (secondary N) is 2. The molecule has 0 fully saturated rings. The summed E-state index contributed by atoms with van der Waals surface area (Å²) in [6, 6.07) is 5.00. The number of carbonyl (C=O) groups excluding carboxylic acids is 2. The van der Waals surface area contributed by atoms with Gasteiger partial charge in [-0.25, -0.2) is 0 Å². The average Bonchev–Trinajstić information content (AvgIpc) is 2.89. The van der Waals surface area contributed by atoms with Crippen molar-refractivity contribution in [1.82, 2.24) is 10.6 Å². The summed E-state index contributed by atoms with van der Waals surface area (Å²) in [5, 5.41) is 5.49. The minimum absolute atomic E-state index is 0.0191. The summed E-state index contributed by atoms with van der Waals surface area (Å²) < 4.78 is 10.5. The lowest BCUT2D eigenvalue weighted by molar-refractivity contribution is -0.129. The largest absolute Gasteiger partial charge is 0.454 e. The molecule has 0 bridgehead atoms. The molecule has 1 atom stereocenters. The van der Waals surface area contributed by atoms with Gasteiger partial charge in [0.1, 0.15) is 6.04 Å². The molecule has 114 valence electrons. The minimum Gasteiger partial charge on any atom is -0.454 e. The molecule has 0 aromatic heterocycles. The van der Waals surface area contributed by atoms with Crippen LogP contribution in [0.3, 0.4) is 0 Å². The lowest BCUT2D eigenvalue weighted by atomic mass is 10.0. The van der Waals surface area contributed by atoms with Crippen LogP contribution in [0.1, 0.15) is 26.3 Å². The molecule has 1 aromatic carbocycles. The lowest BCUT2D eigenvalue weighted by Gasteiger charge is -2.21. The van der Waals surface area contributed by atoms with E-state index in [0.717, 1.165) is 5.56 Å². The van der Waals surface area contributed by atoms with E-state index < -0.39 is 6.04 Å². The zero-order valence-electron chi connectivity index (χ0n) is 12.4. The molecule has 6 heteroatoms. The second-order valence-corrected chi connectivity index (χ2v) is 5.33. The van der Waals surface area contributed by atoms with Gasteiger partial charge in [-0.2, -0.15) is 0 Å². The summed E-state index contributed by atoms with van der Waals surface area (Å²) in [5.74, 6) is 1.00. The van der Waals surface area contributed by atoms with Crippen LogP contribution in [0.2, 0.25) is 0 Å². The SMILES string of the molecule is CC(=O)N[C@H](C(=O)NCc1ccc2c(c1)OCO2)C(C)C. The molecular weight excluding hydrogens is 272 g/mol. The highest BCUT2D eigenvalue weighted by Gasteiger charge is 2.22. The predicted octanol–water partition coefficient (Wildman–Crippen LogP) is 1.19. The van der Waals surface area contributed by atoms with Crippen LogP contribution < -0.4 is 20.1 Å². The van der Waals surface area contributed by atoms with E-state index in [1.165, 1.54) is 6.92 Å². The van der Waals surface area contributed by atoms with Gasteiger partial charge in [0.05, 0.1) is 0 Å². The number of carbonyl (C=O) groups is 2. The molecule has 2 amide bonds. The summed E-state index contributed by atoms with van der Waals surface area (Å²) in [6.07, 6.45) is 0. The molecule has 21 heavy (non-hydrogen) atoms. The van der Waals surface area contributed by atoms with Crippen molar-refractivity contribution in [3.05, 3.63) is 23.8 Å². The predicted molar refractivity (Wildman–Crippen MR) is 76.9 cm³/mol. The smallest absolute Gasteiger partial charge is 0.243 e. The van der Waals surface area contributed by atoms with Crippen molar-refractivity contribution < 1.29 is 19.1 Å². The van der Waals surface area contributed by atoms with Crippen LogP contribution in [-0.2, 0) is 16.1 Å². The highest BCUT2D eigenvalue weighted by atomic mass is 16.7.